The molecule has 0 bridgehead atoms. The van der Waals surface area contributed by atoms with Crippen LogP contribution in [0.3, 0.4) is 0 Å². The molecule has 11 heteroatoms. The van der Waals surface area contributed by atoms with Gasteiger partial charge < -0.3 is 19.8 Å². The fraction of sp³-hybridized carbons (Fsp3) is 0.385. The molecule has 0 heterocycles. The molecule has 1 aromatic rings. The molecule has 0 saturated heterocycles. The Morgan fingerprint density at radius 1 is 1.21 bits per heavy atom. The second-order valence-electron chi connectivity index (χ2n) is 4.04. The molecule has 1 rings (SSSR count). The summed E-state index contributed by atoms with van der Waals surface area (Å²) in [4.78, 5) is 19.7. The summed E-state index contributed by atoms with van der Waals surface area (Å²) in [6.45, 7) is 2.18. The van der Waals surface area contributed by atoms with Gasteiger partial charge in [0.25, 0.3) is 10.1 Å². The number of rotatable bonds is 6. The van der Waals surface area contributed by atoms with E-state index in [0.29, 0.717) is 0 Å². The molecule has 0 aliphatic heterocycles. The van der Waals surface area contributed by atoms with E-state index in [1.54, 1.807) is 0 Å². The van der Waals surface area contributed by atoms with Gasteiger partial charge in [-0.05, 0) is 0 Å². The first kappa shape index (κ1) is 32.7. The summed E-state index contributed by atoms with van der Waals surface area (Å²) in [5, 5.41) is 17.3. The Kier molecular flexibility index (Phi) is 23.8. The van der Waals surface area contributed by atoms with Crippen LogP contribution in [0, 0.1) is 6.07 Å². The Bertz CT molecular complexity index is 564. The van der Waals surface area contributed by atoms with Crippen molar-refractivity contribution >= 4 is 22.1 Å². The molecule has 1 aromatic carbocycles. The Labute approximate surface area is 208 Å². The fourth-order valence-electron chi connectivity index (χ4n) is 1.32. The molecule has 0 aliphatic rings. The van der Waals surface area contributed by atoms with Crippen LogP contribution in [0.5, 0.6) is 0 Å². The molecule has 1 atom stereocenters. The Morgan fingerprint density at radius 2 is 1.75 bits per heavy atom. The Balaban J connectivity index is -0.000000152. The van der Waals surface area contributed by atoms with Crippen LogP contribution in [0.25, 0.3) is 0 Å². The van der Waals surface area contributed by atoms with Gasteiger partial charge in [-0.3, -0.25) is 4.55 Å². The minimum atomic E-state index is -4.94. The molecule has 7 nitrogen and oxygen atoms in total. The molecular formula is C13H15Na3O7S. The van der Waals surface area contributed by atoms with E-state index in [9.17, 15) is 28.2 Å². The van der Waals surface area contributed by atoms with Gasteiger partial charge in [0.2, 0.25) is 0 Å². The van der Waals surface area contributed by atoms with Gasteiger partial charge in [-0.15, -0.1) is 0 Å². The normalized spacial score (nSPS) is 10.4. The first-order chi connectivity index (χ1) is 9.68. The minimum absolute atomic E-state index is 0. The average Bonchev–Trinajstić information content (AvgIpc) is 2.36. The van der Waals surface area contributed by atoms with Crippen LogP contribution in [0.2, 0.25) is 0 Å². The van der Waals surface area contributed by atoms with Crippen LogP contribution in [0.1, 0.15) is 25.3 Å². The summed E-state index contributed by atoms with van der Waals surface area (Å²) in [6.07, 6.45) is 1.03. The molecule has 0 spiro atoms. The van der Waals surface area contributed by atoms with Crippen molar-refractivity contribution in [3.05, 3.63) is 35.9 Å². The van der Waals surface area contributed by atoms with Gasteiger partial charge in [0.15, 0.2) is 0 Å². The summed E-state index contributed by atoms with van der Waals surface area (Å²) < 4.78 is 28.5. The number of hydrogen-bond donors (Lipinski definition) is 1. The molecule has 0 radical (unpaired) electrons. The standard InChI is InChI=1S/C9H11.C4H6O7S.3Na/c1-2-6-9-7-4-3-5-8-9;5-3(6)1-2(4(7)8)12(9,10)11;;;/h3-5,7H,2,6H2,1H3;2H,1H2,(H,5,6)(H,7,8)(H,9,10,11);;;/q-1;;3*+1/p-2. The molecule has 1 N–H and O–H groups in total. The van der Waals surface area contributed by atoms with Crippen molar-refractivity contribution in [3.8, 4) is 0 Å². The summed E-state index contributed by atoms with van der Waals surface area (Å²) in [5.41, 5.74) is 1.32. The van der Waals surface area contributed by atoms with E-state index < -0.39 is 33.7 Å². The SMILES string of the molecule is CCCc1[c-]cccc1.O=C([O-])CC(C(=O)[O-])S(=O)(=O)O.[Na+].[Na+].[Na+]. The molecule has 24 heavy (non-hydrogen) atoms. The van der Waals surface area contributed by atoms with E-state index in [1.807, 2.05) is 12.1 Å². The zero-order chi connectivity index (χ0) is 16.5. The summed E-state index contributed by atoms with van der Waals surface area (Å²) in [7, 11) is -4.94. The van der Waals surface area contributed by atoms with Gasteiger partial charge in [0, 0.05) is 12.4 Å². The number of hydrogen-bond acceptors (Lipinski definition) is 6. The first-order valence-corrected chi connectivity index (χ1v) is 7.51. The van der Waals surface area contributed by atoms with Crippen LogP contribution < -0.4 is 98.9 Å². The smallest absolute Gasteiger partial charge is 0.550 e. The summed E-state index contributed by atoms with van der Waals surface area (Å²) in [5.74, 6) is -4.08. The van der Waals surface area contributed by atoms with Gasteiger partial charge in [0.05, 0.1) is 5.97 Å². The number of carbonyl (C=O) groups excluding carboxylic acids is 2. The minimum Gasteiger partial charge on any atom is -0.550 e. The number of aliphatic carboxylic acids is 2. The molecule has 0 fully saturated rings. The number of carbonyl (C=O) groups is 2. The van der Waals surface area contributed by atoms with Crippen LogP contribution >= 0.6 is 0 Å². The zero-order valence-electron chi connectivity index (χ0n) is 14.3. The second kappa shape index (κ2) is 17.5. The third-order valence-electron chi connectivity index (χ3n) is 2.27. The van der Waals surface area contributed by atoms with Crippen molar-refractivity contribution < 1.29 is 121 Å². The first-order valence-electron chi connectivity index (χ1n) is 6.01. The summed E-state index contributed by atoms with van der Waals surface area (Å²) in [6, 6.07) is 11.3. The van der Waals surface area contributed by atoms with E-state index in [-0.39, 0.29) is 88.7 Å². The van der Waals surface area contributed by atoms with E-state index >= 15 is 0 Å². The van der Waals surface area contributed by atoms with Gasteiger partial charge in [-0.2, -0.15) is 44.3 Å². The molecule has 0 aromatic heterocycles. The van der Waals surface area contributed by atoms with Crippen molar-refractivity contribution in [3.63, 3.8) is 0 Å². The third kappa shape index (κ3) is 16.5. The largest absolute Gasteiger partial charge is 1.00 e. The molecule has 0 amide bonds. The van der Waals surface area contributed by atoms with Crippen LogP contribution in [-0.4, -0.2) is 30.2 Å². The number of carboxylic acids is 2. The Hall–Kier alpha value is 1.07. The van der Waals surface area contributed by atoms with Gasteiger partial charge in [0.1, 0.15) is 5.25 Å². The van der Waals surface area contributed by atoms with Crippen LogP contribution in [0.15, 0.2) is 24.3 Å². The molecular weight excluding hydrogens is 369 g/mol. The van der Waals surface area contributed by atoms with Crippen molar-refractivity contribution in [2.24, 2.45) is 0 Å². The predicted octanol–water partition coefficient (Wildman–Crippen LogP) is -10.4. The monoisotopic (exact) mass is 384 g/mol. The van der Waals surface area contributed by atoms with E-state index in [0.717, 1.165) is 6.42 Å². The fourth-order valence-corrected chi connectivity index (χ4v) is 1.91. The van der Waals surface area contributed by atoms with Crippen molar-refractivity contribution in [2.75, 3.05) is 0 Å². The molecule has 118 valence electrons. The van der Waals surface area contributed by atoms with Gasteiger partial charge >= 0.3 is 88.7 Å². The molecule has 0 saturated carbocycles. The maximum atomic E-state index is 10.2. The second-order valence-corrected chi connectivity index (χ2v) is 5.64. The van der Waals surface area contributed by atoms with Crippen molar-refractivity contribution in [2.45, 2.75) is 31.4 Å². The van der Waals surface area contributed by atoms with Gasteiger partial charge in [-0.25, -0.2) is 0 Å². The topological polar surface area (TPSA) is 135 Å². The van der Waals surface area contributed by atoms with E-state index in [4.69, 9.17) is 4.55 Å². The molecule has 1 unspecified atom stereocenters. The maximum Gasteiger partial charge on any atom is 1.00 e. The average molecular weight is 384 g/mol. The molecule has 0 aliphatic carbocycles. The third-order valence-corrected chi connectivity index (χ3v) is 3.35. The predicted molar refractivity (Wildman–Crippen MR) is 69.2 cm³/mol. The van der Waals surface area contributed by atoms with E-state index in [2.05, 4.69) is 25.1 Å². The quantitative estimate of drug-likeness (QED) is 0.292. The van der Waals surface area contributed by atoms with Crippen LogP contribution in [-0.2, 0) is 26.1 Å². The summed E-state index contributed by atoms with van der Waals surface area (Å²) >= 11 is 0. The van der Waals surface area contributed by atoms with Gasteiger partial charge in [-0.1, -0.05) is 19.8 Å². The number of aryl methyl sites for hydroxylation is 1. The Morgan fingerprint density at radius 3 is 2.00 bits per heavy atom. The van der Waals surface area contributed by atoms with Crippen molar-refractivity contribution in [1.29, 1.82) is 0 Å². The number of benzene rings is 1. The zero-order valence-corrected chi connectivity index (χ0v) is 21.1. The maximum absolute atomic E-state index is 10.2. The van der Waals surface area contributed by atoms with E-state index in [1.165, 1.54) is 12.0 Å². The number of carboxylic acid groups (broad SMARTS) is 2. The van der Waals surface area contributed by atoms with Crippen molar-refractivity contribution in [1.82, 2.24) is 0 Å². The van der Waals surface area contributed by atoms with Crippen LogP contribution in [0.4, 0.5) is 0 Å².